The highest BCUT2D eigenvalue weighted by Gasteiger charge is 2.45. The molecule has 6 heteroatoms. The molecule has 0 bridgehead atoms. The van der Waals surface area contributed by atoms with Gasteiger partial charge in [0.1, 0.15) is 0 Å². The Morgan fingerprint density at radius 3 is 2.72 bits per heavy atom. The molecule has 0 spiro atoms. The monoisotopic (exact) mass is 257 g/mol. The molecule has 0 radical (unpaired) electrons. The van der Waals surface area contributed by atoms with Crippen molar-refractivity contribution in [3.63, 3.8) is 0 Å². The van der Waals surface area contributed by atoms with Crippen molar-refractivity contribution in [3.05, 3.63) is 0 Å². The second-order valence-corrected chi connectivity index (χ2v) is 5.05. The Morgan fingerprint density at radius 1 is 1.56 bits per heavy atom. The SMILES string of the molecule is CCCNC(=O)CN(C)C(=O)C1(C)COCC1N. The first kappa shape index (κ1) is 14.9. The van der Waals surface area contributed by atoms with Crippen LogP contribution in [0.2, 0.25) is 0 Å². The van der Waals surface area contributed by atoms with E-state index in [-0.39, 0.29) is 24.4 Å². The Morgan fingerprint density at radius 2 is 2.22 bits per heavy atom. The average molecular weight is 257 g/mol. The van der Waals surface area contributed by atoms with Gasteiger partial charge in [0.15, 0.2) is 0 Å². The van der Waals surface area contributed by atoms with Crippen molar-refractivity contribution >= 4 is 11.8 Å². The average Bonchev–Trinajstić information content (AvgIpc) is 2.67. The van der Waals surface area contributed by atoms with Crippen LogP contribution in [-0.2, 0) is 14.3 Å². The van der Waals surface area contributed by atoms with E-state index in [9.17, 15) is 9.59 Å². The second kappa shape index (κ2) is 6.15. The molecule has 0 aromatic heterocycles. The van der Waals surface area contributed by atoms with Gasteiger partial charge in [-0.3, -0.25) is 9.59 Å². The first-order chi connectivity index (χ1) is 8.41. The quantitative estimate of drug-likeness (QED) is 0.684. The minimum atomic E-state index is -0.722. The molecular weight excluding hydrogens is 234 g/mol. The summed E-state index contributed by atoms with van der Waals surface area (Å²) in [6, 6.07) is -0.314. The standard InChI is InChI=1S/C12H23N3O3/c1-4-5-14-10(16)6-15(3)11(17)12(2)8-18-7-9(12)13/h9H,4-8,13H2,1-3H3,(H,14,16). The van der Waals surface area contributed by atoms with Crippen LogP contribution in [0.15, 0.2) is 0 Å². The van der Waals surface area contributed by atoms with E-state index >= 15 is 0 Å². The predicted molar refractivity (Wildman–Crippen MR) is 67.8 cm³/mol. The van der Waals surface area contributed by atoms with Crippen LogP contribution in [0.25, 0.3) is 0 Å². The van der Waals surface area contributed by atoms with Gasteiger partial charge in [-0.1, -0.05) is 6.92 Å². The van der Waals surface area contributed by atoms with Gasteiger partial charge >= 0.3 is 0 Å². The normalized spacial score (nSPS) is 27.0. The van der Waals surface area contributed by atoms with Gasteiger partial charge in [0, 0.05) is 19.6 Å². The molecule has 1 heterocycles. The van der Waals surface area contributed by atoms with Crippen LogP contribution in [0.4, 0.5) is 0 Å². The fourth-order valence-electron chi connectivity index (χ4n) is 1.95. The molecule has 104 valence electrons. The molecule has 6 nitrogen and oxygen atoms in total. The van der Waals surface area contributed by atoms with Crippen LogP contribution in [0, 0.1) is 5.41 Å². The van der Waals surface area contributed by atoms with E-state index in [1.165, 1.54) is 4.90 Å². The number of amides is 2. The first-order valence-electron chi connectivity index (χ1n) is 6.27. The highest BCUT2D eigenvalue weighted by Crippen LogP contribution is 2.28. The van der Waals surface area contributed by atoms with E-state index in [2.05, 4.69) is 5.32 Å². The molecule has 1 rings (SSSR count). The minimum absolute atomic E-state index is 0.0567. The second-order valence-electron chi connectivity index (χ2n) is 5.05. The van der Waals surface area contributed by atoms with E-state index in [0.29, 0.717) is 19.8 Å². The minimum Gasteiger partial charge on any atom is -0.379 e. The molecule has 3 N–H and O–H groups in total. The molecule has 1 aliphatic rings. The van der Waals surface area contributed by atoms with Crippen LogP contribution < -0.4 is 11.1 Å². The number of carbonyl (C=O) groups is 2. The van der Waals surface area contributed by atoms with Crippen LogP contribution in [0.3, 0.4) is 0 Å². The lowest BCUT2D eigenvalue weighted by atomic mass is 9.84. The van der Waals surface area contributed by atoms with Crippen molar-refractivity contribution in [3.8, 4) is 0 Å². The third kappa shape index (κ3) is 3.20. The highest BCUT2D eigenvalue weighted by atomic mass is 16.5. The molecular formula is C12H23N3O3. The van der Waals surface area contributed by atoms with Gasteiger partial charge < -0.3 is 20.7 Å². The van der Waals surface area contributed by atoms with Gasteiger partial charge in [0.25, 0.3) is 0 Å². The smallest absolute Gasteiger partial charge is 0.239 e. The van der Waals surface area contributed by atoms with Gasteiger partial charge in [-0.05, 0) is 13.3 Å². The van der Waals surface area contributed by atoms with Crippen molar-refractivity contribution < 1.29 is 14.3 Å². The summed E-state index contributed by atoms with van der Waals surface area (Å²) in [6.45, 7) is 5.15. The summed E-state index contributed by atoms with van der Waals surface area (Å²) in [5.41, 5.74) is 5.17. The summed E-state index contributed by atoms with van der Waals surface area (Å²) in [7, 11) is 1.62. The molecule has 1 saturated heterocycles. The largest absolute Gasteiger partial charge is 0.379 e. The lowest BCUT2D eigenvalue weighted by molar-refractivity contribution is -0.143. The Balaban J connectivity index is 2.53. The van der Waals surface area contributed by atoms with E-state index < -0.39 is 5.41 Å². The molecule has 0 aromatic rings. The summed E-state index contributed by atoms with van der Waals surface area (Å²) in [5.74, 6) is -0.289. The molecule has 0 aliphatic carbocycles. The molecule has 2 unspecified atom stereocenters. The van der Waals surface area contributed by atoms with E-state index in [1.807, 2.05) is 6.92 Å². The molecule has 1 fully saturated rings. The lowest BCUT2D eigenvalue weighted by Crippen LogP contribution is -2.52. The van der Waals surface area contributed by atoms with Crippen LogP contribution in [-0.4, -0.2) is 56.1 Å². The predicted octanol–water partition coefficient (Wildman–Crippen LogP) is -0.665. The number of carbonyl (C=O) groups excluding carboxylic acids is 2. The van der Waals surface area contributed by atoms with Gasteiger partial charge in [0.2, 0.25) is 11.8 Å². The summed E-state index contributed by atoms with van der Waals surface area (Å²) in [5, 5.41) is 2.74. The fourth-order valence-corrected chi connectivity index (χ4v) is 1.95. The Hall–Kier alpha value is -1.14. The molecule has 1 aliphatic heterocycles. The van der Waals surface area contributed by atoms with Crippen molar-refractivity contribution in [2.24, 2.45) is 11.1 Å². The summed E-state index contributed by atoms with van der Waals surface area (Å²) < 4.78 is 5.24. The number of hydrogen-bond acceptors (Lipinski definition) is 4. The Labute approximate surface area is 108 Å². The number of nitrogens with two attached hydrogens (primary N) is 1. The fraction of sp³-hybridized carbons (Fsp3) is 0.833. The van der Waals surface area contributed by atoms with Gasteiger partial charge in [0.05, 0.1) is 25.2 Å². The zero-order valence-corrected chi connectivity index (χ0v) is 11.4. The van der Waals surface area contributed by atoms with Crippen LogP contribution in [0.5, 0.6) is 0 Å². The summed E-state index contributed by atoms with van der Waals surface area (Å²) in [6.07, 6.45) is 0.875. The number of hydrogen-bond donors (Lipinski definition) is 2. The topological polar surface area (TPSA) is 84.7 Å². The maximum atomic E-state index is 12.3. The maximum Gasteiger partial charge on any atom is 0.239 e. The third-order valence-electron chi connectivity index (χ3n) is 3.31. The van der Waals surface area contributed by atoms with Crippen molar-refractivity contribution in [2.45, 2.75) is 26.3 Å². The highest BCUT2D eigenvalue weighted by molar-refractivity contribution is 5.88. The summed E-state index contributed by atoms with van der Waals surface area (Å²) in [4.78, 5) is 25.2. The van der Waals surface area contributed by atoms with Crippen molar-refractivity contribution in [1.82, 2.24) is 10.2 Å². The maximum absolute atomic E-state index is 12.3. The van der Waals surface area contributed by atoms with Gasteiger partial charge in [-0.2, -0.15) is 0 Å². The Kier molecular flexibility index (Phi) is 5.10. The molecule has 2 atom stereocenters. The molecule has 2 amide bonds. The van der Waals surface area contributed by atoms with E-state index in [1.54, 1.807) is 14.0 Å². The van der Waals surface area contributed by atoms with Crippen LogP contribution in [0.1, 0.15) is 20.3 Å². The molecule has 0 aromatic carbocycles. The zero-order chi connectivity index (χ0) is 13.8. The van der Waals surface area contributed by atoms with E-state index in [4.69, 9.17) is 10.5 Å². The van der Waals surface area contributed by atoms with Gasteiger partial charge in [-0.15, -0.1) is 0 Å². The van der Waals surface area contributed by atoms with Gasteiger partial charge in [-0.25, -0.2) is 0 Å². The molecule has 0 saturated carbocycles. The number of ether oxygens (including phenoxy) is 1. The number of nitrogens with one attached hydrogen (secondary N) is 1. The summed E-state index contributed by atoms with van der Waals surface area (Å²) >= 11 is 0. The number of rotatable bonds is 5. The van der Waals surface area contributed by atoms with Crippen molar-refractivity contribution in [2.75, 3.05) is 33.4 Å². The third-order valence-corrected chi connectivity index (χ3v) is 3.31. The van der Waals surface area contributed by atoms with Crippen LogP contribution >= 0.6 is 0 Å². The molecule has 18 heavy (non-hydrogen) atoms. The lowest BCUT2D eigenvalue weighted by Gasteiger charge is -2.30. The first-order valence-corrected chi connectivity index (χ1v) is 6.27. The number of likely N-dealkylation sites (N-methyl/N-ethyl adjacent to an activating group) is 1. The van der Waals surface area contributed by atoms with Crippen molar-refractivity contribution in [1.29, 1.82) is 0 Å². The van der Waals surface area contributed by atoms with E-state index in [0.717, 1.165) is 6.42 Å². The number of nitrogens with zero attached hydrogens (tertiary/aromatic N) is 1. The zero-order valence-electron chi connectivity index (χ0n) is 11.4. The Bertz CT molecular complexity index is 322.